The van der Waals surface area contributed by atoms with Crippen LogP contribution in [0.4, 0.5) is 0 Å². The van der Waals surface area contributed by atoms with E-state index in [1.165, 1.54) is 0 Å². The van der Waals surface area contributed by atoms with Gasteiger partial charge in [0.2, 0.25) is 0 Å². The third-order valence-corrected chi connectivity index (χ3v) is 1.47. The first-order valence-electron chi connectivity index (χ1n) is 4.37. The molecule has 76 valence electrons. The van der Waals surface area contributed by atoms with Gasteiger partial charge in [-0.05, 0) is 20.3 Å². The van der Waals surface area contributed by atoms with E-state index < -0.39 is 0 Å². The maximum atomic E-state index is 11.1. The van der Waals surface area contributed by atoms with Crippen LogP contribution in [0.25, 0.3) is 0 Å². The number of nitrogens with two attached hydrogens (primary N) is 2. The highest BCUT2D eigenvalue weighted by Crippen LogP contribution is 2.00. The Labute approximate surface area is 78.9 Å². The Kier molecular flexibility index (Phi) is 6.18. The summed E-state index contributed by atoms with van der Waals surface area (Å²) < 4.78 is 4.81. The second-order valence-corrected chi connectivity index (χ2v) is 3.02. The van der Waals surface area contributed by atoms with Crippen LogP contribution in [0.15, 0.2) is 11.6 Å². The molecule has 1 atom stereocenters. The van der Waals surface area contributed by atoms with Gasteiger partial charge in [-0.2, -0.15) is 0 Å². The monoisotopic (exact) mass is 186 g/mol. The van der Waals surface area contributed by atoms with Gasteiger partial charge in [-0.15, -0.1) is 0 Å². The van der Waals surface area contributed by atoms with E-state index in [4.69, 9.17) is 16.2 Å². The molecule has 0 bridgehead atoms. The third-order valence-electron chi connectivity index (χ3n) is 1.47. The normalized spacial score (nSPS) is 14.0. The molecule has 4 nitrogen and oxygen atoms in total. The summed E-state index contributed by atoms with van der Waals surface area (Å²) in [7, 11) is 0. The van der Waals surface area contributed by atoms with Crippen LogP contribution < -0.4 is 11.5 Å². The molecule has 0 saturated carbocycles. The van der Waals surface area contributed by atoms with Gasteiger partial charge in [-0.3, -0.25) is 0 Å². The molecule has 4 heteroatoms. The van der Waals surface area contributed by atoms with Crippen molar-refractivity contribution in [2.45, 2.75) is 26.3 Å². The van der Waals surface area contributed by atoms with Crippen LogP contribution in [0.2, 0.25) is 0 Å². The van der Waals surface area contributed by atoms with Gasteiger partial charge < -0.3 is 16.2 Å². The zero-order valence-electron chi connectivity index (χ0n) is 8.25. The molecule has 0 saturated heterocycles. The summed E-state index contributed by atoms with van der Waals surface area (Å²) in [5.74, 6) is -0.314. The summed E-state index contributed by atoms with van der Waals surface area (Å²) in [6.07, 6.45) is 2.47. The van der Waals surface area contributed by atoms with Gasteiger partial charge in [-0.25, -0.2) is 4.79 Å². The van der Waals surface area contributed by atoms with Crippen molar-refractivity contribution in [2.75, 3.05) is 13.2 Å². The zero-order valence-corrected chi connectivity index (χ0v) is 8.25. The maximum absolute atomic E-state index is 11.1. The molecule has 0 fully saturated rings. The number of rotatable bonds is 5. The molecule has 0 spiro atoms. The van der Waals surface area contributed by atoms with E-state index >= 15 is 0 Å². The minimum Gasteiger partial charge on any atom is -0.461 e. The minimum absolute atomic E-state index is 0.0669. The lowest BCUT2D eigenvalue weighted by Crippen LogP contribution is -2.16. The summed E-state index contributed by atoms with van der Waals surface area (Å²) in [5, 5.41) is 0. The van der Waals surface area contributed by atoms with E-state index in [1.807, 2.05) is 6.92 Å². The Balaban J connectivity index is 3.86. The van der Waals surface area contributed by atoms with Crippen LogP contribution in [0.3, 0.4) is 0 Å². The number of ether oxygens (including phenoxy) is 1. The molecule has 0 aliphatic heterocycles. The highest BCUT2D eigenvalue weighted by Gasteiger charge is 2.04. The van der Waals surface area contributed by atoms with Crippen molar-refractivity contribution >= 4 is 5.97 Å². The van der Waals surface area contributed by atoms with Crippen molar-refractivity contribution in [2.24, 2.45) is 11.5 Å². The largest absolute Gasteiger partial charge is 0.461 e. The van der Waals surface area contributed by atoms with Crippen LogP contribution in [0.1, 0.15) is 20.3 Å². The van der Waals surface area contributed by atoms with Crippen molar-refractivity contribution in [1.82, 2.24) is 0 Å². The Hall–Kier alpha value is -0.870. The SMILES string of the molecule is CC(=CCC(C)N)C(=O)OCCN. The number of hydrogen-bond donors (Lipinski definition) is 2. The first-order chi connectivity index (χ1) is 6.07. The van der Waals surface area contributed by atoms with Crippen LogP contribution in [-0.4, -0.2) is 25.2 Å². The lowest BCUT2D eigenvalue weighted by atomic mass is 10.2. The summed E-state index contributed by atoms with van der Waals surface area (Å²) >= 11 is 0. The number of hydrogen-bond acceptors (Lipinski definition) is 4. The molecule has 0 heterocycles. The van der Waals surface area contributed by atoms with E-state index in [0.29, 0.717) is 18.5 Å². The first-order valence-corrected chi connectivity index (χ1v) is 4.37. The molecule has 0 aliphatic rings. The standard InChI is InChI=1S/C9H18N2O2/c1-7(3-4-8(2)11)9(12)13-6-5-10/h3,8H,4-6,10-11H2,1-2H3. The predicted molar refractivity (Wildman–Crippen MR) is 52.0 cm³/mol. The molecular formula is C9H18N2O2. The fourth-order valence-corrected chi connectivity index (χ4v) is 0.711. The Morgan fingerprint density at radius 2 is 2.23 bits per heavy atom. The summed E-state index contributed by atoms with van der Waals surface area (Å²) in [6.45, 7) is 4.21. The van der Waals surface area contributed by atoms with Gasteiger partial charge in [0.25, 0.3) is 0 Å². The molecule has 0 amide bonds. The average molecular weight is 186 g/mol. The van der Waals surface area contributed by atoms with E-state index in [9.17, 15) is 4.79 Å². The van der Waals surface area contributed by atoms with Crippen molar-refractivity contribution < 1.29 is 9.53 Å². The molecule has 13 heavy (non-hydrogen) atoms. The smallest absolute Gasteiger partial charge is 0.333 e. The quantitative estimate of drug-likeness (QED) is 0.474. The van der Waals surface area contributed by atoms with Gasteiger partial charge in [-0.1, -0.05) is 6.08 Å². The Bertz CT molecular complexity index is 188. The molecule has 0 aromatic heterocycles. The van der Waals surface area contributed by atoms with E-state index in [0.717, 1.165) is 0 Å². The second kappa shape index (κ2) is 6.62. The predicted octanol–water partition coefficient (Wildman–Crippen LogP) is 0.172. The molecule has 0 aromatic carbocycles. The van der Waals surface area contributed by atoms with E-state index in [2.05, 4.69) is 0 Å². The van der Waals surface area contributed by atoms with Crippen LogP contribution in [0, 0.1) is 0 Å². The van der Waals surface area contributed by atoms with Gasteiger partial charge in [0.15, 0.2) is 0 Å². The molecule has 0 aliphatic carbocycles. The molecule has 0 aromatic rings. The van der Waals surface area contributed by atoms with Crippen LogP contribution >= 0.6 is 0 Å². The van der Waals surface area contributed by atoms with Gasteiger partial charge in [0.05, 0.1) is 0 Å². The van der Waals surface area contributed by atoms with E-state index in [1.54, 1.807) is 13.0 Å². The van der Waals surface area contributed by atoms with Gasteiger partial charge in [0.1, 0.15) is 6.61 Å². The molecule has 0 radical (unpaired) electrons. The Morgan fingerprint density at radius 1 is 1.62 bits per heavy atom. The summed E-state index contributed by atoms with van der Waals surface area (Å²) in [6, 6.07) is 0.0669. The lowest BCUT2D eigenvalue weighted by Gasteiger charge is -2.04. The molecule has 1 unspecified atom stereocenters. The van der Waals surface area contributed by atoms with Gasteiger partial charge >= 0.3 is 5.97 Å². The minimum atomic E-state index is -0.314. The topological polar surface area (TPSA) is 78.3 Å². The van der Waals surface area contributed by atoms with Crippen molar-refractivity contribution in [3.05, 3.63) is 11.6 Å². The van der Waals surface area contributed by atoms with Crippen molar-refractivity contribution in [3.8, 4) is 0 Å². The molecular weight excluding hydrogens is 168 g/mol. The van der Waals surface area contributed by atoms with Crippen molar-refractivity contribution in [3.63, 3.8) is 0 Å². The van der Waals surface area contributed by atoms with Crippen LogP contribution in [0.5, 0.6) is 0 Å². The van der Waals surface area contributed by atoms with Crippen LogP contribution in [-0.2, 0) is 9.53 Å². The highest BCUT2D eigenvalue weighted by molar-refractivity contribution is 5.87. The number of esters is 1. The van der Waals surface area contributed by atoms with E-state index in [-0.39, 0.29) is 18.6 Å². The highest BCUT2D eigenvalue weighted by atomic mass is 16.5. The maximum Gasteiger partial charge on any atom is 0.333 e. The summed E-state index contributed by atoms with van der Waals surface area (Å²) in [5.41, 5.74) is 11.3. The zero-order chi connectivity index (χ0) is 10.3. The lowest BCUT2D eigenvalue weighted by molar-refractivity contribution is -0.138. The number of carbonyl (C=O) groups excluding carboxylic acids is 1. The summed E-state index contributed by atoms with van der Waals surface area (Å²) in [4.78, 5) is 11.1. The molecule has 4 N–H and O–H groups in total. The fraction of sp³-hybridized carbons (Fsp3) is 0.667. The number of carbonyl (C=O) groups is 1. The fourth-order valence-electron chi connectivity index (χ4n) is 0.711. The second-order valence-electron chi connectivity index (χ2n) is 3.02. The average Bonchev–Trinajstić information content (AvgIpc) is 2.10. The molecule has 0 rings (SSSR count). The van der Waals surface area contributed by atoms with Crippen molar-refractivity contribution in [1.29, 1.82) is 0 Å². The third kappa shape index (κ3) is 6.31. The Morgan fingerprint density at radius 3 is 2.69 bits per heavy atom. The van der Waals surface area contributed by atoms with Gasteiger partial charge in [0, 0.05) is 18.2 Å². The first kappa shape index (κ1) is 12.1.